The number of esters is 1. The lowest BCUT2D eigenvalue weighted by Gasteiger charge is -2.21. The van der Waals surface area contributed by atoms with E-state index < -0.39 is 0 Å². The molecule has 1 unspecified atom stereocenters. The number of rotatable bonds is 8. The SMILES string of the molecule is COC(=O)CCCCCCNC(=O)C1CCCNC1. The molecule has 1 rings (SSSR count). The van der Waals surface area contributed by atoms with Gasteiger partial charge in [-0.05, 0) is 32.2 Å². The number of nitrogens with one attached hydrogen (secondary N) is 2. The van der Waals surface area contributed by atoms with Crippen molar-refractivity contribution in [2.45, 2.75) is 44.9 Å². The largest absolute Gasteiger partial charge is 0.469 e. The van der Waals surface area contributed by atoms with Gasteiger partial charge in [-0.1, -0.05) is 12.8 Å². The number of amides is 1. The summed E-state index contributed by atoms with van der Waals surface area (Å²) in [6.45, 7) is 2.59. The highest BCUT2D eigenvalue weighted by molar-refractivity contribution is 5.78. The molecule has 0 spiro atoms. The Kier molecular flexibility index (Phi) is 8.21. The number of hydrogen-bond donors (Lipinski definition) is 2. The molecule has 1 fully saturated rings. The van der Waals surface area contributed by atoms with Gasteiger partial charge in [0, 0.05) is 19.5 Å². The van der Waals surface area contributed by atoms with Crippen molar-refractivity contribution in [1.82, 2.24) is 10.6 Å². The molecule has 0 aromatic rings. The molecule has 1 heterocycles. The van der Waals surface area contributed by atoms with Crippen molar-refractivity contribution in [3.8, 4) is 0 Å². The van der Waals surface area contributed by atoms with Crippen LogP contribution in [0.2, 0.25) is 0 Å². The van der Waals surface area contributed by atoms with Gasteiger partial charge >= 0.3 is 5.97 Å². The fourth-order valence-corrected chi connectivity index (χ4v) is 2.28. The van der Waals surface area contributed by atoms with E-state index in [0.717, 1.165) is 58.2 Å². The molecular formula is C14H26N2O3. The second-order valence-corrected chi connectivity index (χ2v) is 5.07. The number of carbonyl (C=O) groups is 2. The third-order valence-corrected chi connectivity index (χ3v) is 3.50. The van der Waals surface area contributed by atoms with Crippen molar-refractivity contribution in [1.29, 1.82) is 0 Å². The van der Waals surface area contributed by atoms with E-state index in [0.29, 0.717) is 6.42 Å². The molecule has 0 aromatic carbocycles. The quantitative estimate of drug-likeness (QED) is 0.514. The van der Waals surface area contributed by atoms with E-state index in [9.17, 15) is 9.59 Å². The molecule has 5 nitrogen and oxygen atoms in total. The molecule has 1 aliphatic heterocycles. The van der Waals surface area contributed by atoms with Crippen LogP contribution in [0, 0.1) is 5.92 Å². The monoisotopic (exact) mass is 270 g/mol. The van der Waals surface area contributed by atoms with Gasteiger partial charge in [-0.2, -0.15) is 0 Å². The molecule has 0 saturated carbocycles. The van der Waals surface area contributed by atoms with Crippen LogP contribution in [0.15, 0.2) is 0 Å². The standard InChI is InChI=1S/C14H26N2O3/c1-19-13(17)8-4-2-3-5-10-16-14(18)12-7-6-9-15-11-12/h12,15H,2-11H2,1H3,(H,16,18). The van der Waals surface area contributed by atoms with Gasteiger partial charge < -0.3 is 15.4 Å². The highest BCUT2D eigenvalue weighted by Crippen LogP contribution is 2.09. The second-order valence-electron chi connectivity index (χ2n) is 5.07. The first-order valence-corrected chi connectivity index (χ1v) is 7.29. The molecule has 0 bridgehead atoms. The van der Waals surface area contributed by atoms with E-state index in [4.69, 9.17) is 0 Å². The summed E-state index contributed by atoms with van der Waals surface area (Å²) in [7, 11) is 1.41. The van der Waals surface area contributed by atoms with E-state index in [2.05, 4.69) is 15.4 Å². The average Bonchev–Trinajstić information content (AvgIpc) is 2.46. The highest BCUT2D eigenvalue weighted by atomic mass is 16.5. The number of ether oxygens (including phenoxy) is 1. The number of unbranched alkanes of at least 4 members (excludes halogenated alkanes) is 3. The Hall–Kier alpha value is -1.10. The smallest absolute Gasteiger partial charge is 0.305 e. The van der Waals surface area contributed by atoms with Crippen LogP contribution in [0.1, 0.15) is 44.9 Å². The summed E-state index contributed by atoms with van der Waals surface area (Å²) in [6, 6.07) is 0. The maximum absolute atomic E-state index is 11.8. The second kappa shape index (κ2) is 9.78. The minimum Gasteiger partial charge on any atom is -0.469 e. The van der Waals surface area contributed by atoms with Crippen LogP contribution in [-0.4, -0.2) is 38.6 Å². The first-order chi connectivity index (χ1) is 9.24. The molecule has 2 N–H and O–H groups in total. The van der Waals surface area contributed by atoms with Crippen LogP contribution in [-0.2, 0) is 14.3 Å². The Morgan fingerprint density at radius 3 is 2.74 bits per heavy atom. The molecule has 0 aliphatic carbocycles. The van der Waals surface area contributed by atoms with Gasteiger partial charge in [0.1, 0.15) is 0 Å². The van der Waals surface area contributed by atoms with Gasteiger partial charge in [0.2, 0.25) is 5.91 Å². The lowest BCUT2D eigenvalue weighted by atomic mass is 9.99. The molecule has 0 radical (unpaired) electrons. The maximum Gasteiger partial charge on any atom is 0.305 e. The van der Waals surface area contributed by atoms with Crippen LogP contribution >= 0.6 is 0 Å². The predicted octanol–water partition coefficient (Wildman–Crippen LogP) is 1.23. The third kappa shape index (κ3) is 7.15. The van der Waals surface area contributed by atoms with Crippen LogP contribution in [0.4, 0.5) is 0 Å². The Morgan fingerprint density at radius 2 is 2.05 bits per heavy atom. The van der Waals surface area contributed by atoms with Crippen molar-refractivity contribution in [3.05, 3.63) is 0 Å². The van der Waals surface area contributed by atoms with Crippen LogP contribution < -0.4 is 10.6 Å². The molecule has 0 aromatic heterocycles. The van der Waals surface area contributed by atoms with Crippen molar-refractivity contribution < 1.29 is 14.3 Å². The number of piperidine rings is 1. The van der Waals surface area contributed by atoms with Gasteiger partial charge in [0.15, 0.2) is 0 Å². The van der Waals surface area contributed by atoms with E-state index in [1.54, 1.807) is 0 Å². The van der Waals surface area contributed by atoms with Crippen molar-refractivity contribution in [2.24, 2.45) is 5.92 Å². The van der Waals surface area contributed by atoms with E-state index >= 15 is 0 Å². The van der Waals surface area contributed by atoms with Gasteiger partial charge in [-0.25, -0.2) is 0 Å². The molecule has 5 heteroatoms. The Bertz CT molecular complexity index is 276. The van der Waals surface area contributed by atoms with Crippen LogP contribution in [0.25, 0.3) is 0 Å². The lowest BCUT2D eigenvalue weighted by Crippen LogP contribution is -2.40. The van der Waals surface area contributed by atoms with Gasteiger partial charge in [0.05, 0.1) is 13.0 Å². The minimum atomic E-state index is -0.141. The summed E-state index contributed by atoms with van der Waals surface area (Å²) >= 11 is 0. The van der Waals surface area contributed by atoms with E-state index in [-0.39, 0.29) is 17.8 Å². The zero-order chi connectivity index (χ0) is 13.9. The lowest BCUT2D eigenvalue weighted by molar-refractivity contribution is -0.140. The van der Waals surface area contributed by atoms with Gasteiger partial charge in [-0.15, -0.1) is 0 Å². The zero-order valence-corrected chi connectivity index (χ0v) is 11.9. The highest BCUT2D eigenvalue weighted by Gasteiger charge is 2.19. The number of methoxy groups -OCH3 is 1. The number of hydrogen-bond acceptors (Lipinski definition) is 4. The summed E-state index contributed by atoms with van der Waals surface area (Å²) < 4.78 is 4.57. The summed E-state index contributed by atoms with van der Waals surface area (Å²) in [5.41, 5.74) is 0. The molecule has 1 amide bonds. The Labute approximate surface area is 115 Å². The molecule has 110 valence electrons. The maximum atomic E-state index is 11.8. The molecule has 1 atom stereocenters. The summed E-state index contributed by atoms with van der Waals surface area (Å²) in [4.78, 5) is 22.7. The summed E-state index contributed by atoms with van der Waals surface area (Å²) in [5, 5.41) is 6.24. The van der Waals surface area contributed by atoms with Crippen molar-refractivity contribution in [3.63, 3.8) is 0 Å². The predicted molar refractivity (Wildman–Crippen MR) is 73.7 cm³/mol. The van der Waals surface area contributed by atoms with E-state index in [1.807, 2.05) is 0 Å². The molecule has 19 heavy (non-hydrogen) atoms. The third-order valence-electron chi connectivity index (χ3n) is 3.50. The first kappa shape index (κ1) is 16.0. The van der Waals surface area contributed by atoms with Gasteiger partial charge in [-0.3, -0.25) is 9.59 Å². The molecule has 1 saturated heterocycles. The average molecular weight is 270 g/mol. The van der Waals surface area contributed by atoms with Crippen LogP contribution in [0.3, 0.4) is 0 Å². The van der Waals surface area contributed by atoms with Crippen molar-refractivity contribution >= 4 is 11.9 Å². The number of carbonyl (C=O) groups excluding carboxylic acids is 2. The van der Waals surface area contributed by atoms with E-state index in [1.165, 1.54) is 7.11 Å². The fraction of sp³-hybridized carbons (Fsp3) is 0.857. The zero-order valence-electron chi connectivity index (χ0n) is 11.9. The van der Waals surface area contributed by atoms with Crippen molar-refractivity contribution in [2.75, 3.05) is 26.7 Å². The molecule has 1 aliphatic rings. The summed E-state index contributed by atoms with van der Waals surface area (Å²) in [6.07, 6.45) is 6.48. The minimum absolute atomic E-state index is 0.141. The normalized spacial score (nSPS) is 18.9. The summed E-state index contributed by atoms with van der Waals surface area (Å²) in [5.74, 6) is 0.188. The topological polar surface area (TPSA) is 67.4 Å². The first-order valence-electron chi connectivity index (χ1n) is 7.29. The fourth-order valence-electron chi connectivity index (χ4n) is 2.28. The Balaban J connectivity index is 1.92. The van der Waals surface area contributed by atoms with Gasteiger partial charge in [0.25, 0.3) is 0 Å². The Morgan fingerprint density at radius 1 is 1.26 bits per heavy atom. The van der Waals surface area contributed by atoms with Crippen LogP contribution in [0.5, 0.6) is 0 Å². The molecular weight excluding hydrogens is 244 g/mol.